The van der Waals surface area contributed by atoms with Crippen molar-refractivity contribution in [3.05, 3.63) is 11.8 Å². The van der Waals surface area contributed by atoms with Gasteiger partial charge in [-0.1, -0.05) is 13.8 Å². The number of hydrogen-bond acceptors (Lipinski definition) is 2. The minimum absolute atomic E-state index is 0.0503. The van der Waals surface area contributed by atoms with Crippen LogP contribution in [0.5, 0.6) is 0 Å². The highest BCUT2D eigenvalue weighted by atomic mass is 16.3. The van der Waals surface area contributed by atoms with Gasteiger partial charge in [-0.3, -0.25) is 0 Å². The Labute approximate surface area is 128 Å². The van der Waals surface area contributed by atoms with Crippen molar-refractivity contribution in [3.63, 3.8) is 0 Å². The molecule has 7 atom stereocenters. The summed E-state index contributed by atoms with van der Waals surface area (Å²) in [6.07, 6.45) is 11.4. The largest absolute Gasteiger partial charge is 0.512 e. The normalized spacial score (nSPS) is 56.1. The van der Waals surface area contributed by atoms with Crippen LogP contribution in [-0.2, 0) is 0 Å². The van der Waals surface area contributed by atoms with E-state index in [0.717, 1.165) is 43.4 Å². The Kier molecular flexibility index (Phi) is 3.03. The predicted octanol–water partition coefficient (Wildman–Crippen LogP) is 4.44. The van der Waals surface area contributed by atoms with Crippen molar-refractivity contribution in [2.24, 2.45) is 34.5 Å². The fourth-order valence-corrected chi connectivity index (χ4v) is 6.78. The fourth-order valence-electron chi connectivity index (χ4n) is 6.78. The summed E-state index contributed by atoms with van der Waals surface area (Å²) < 4.78 is 0. The monoisotopic (exact) mass is 290 g/mol. The molecule has 0 aromatic rings. The minimum Gasteiger partial charge on any atom is -0.512 e. The summed E-state index contributed by atoms with van der Waals surface area (Å²) in [7, 11) is 0. The van der Waals surface area contributed by atoms with Crippen LogP contribution in [-0.4, -0.2) is 16.3 Å². The lowest BCUT2D eigenvalue weighted by atomic mass is 9.45. The molecule has 0 aromatic heterocycles. The molecule has 3 saturated carbocycles. The molecule has 0 heterocycles. The first-order valence-electron chi connectivity index (χ1n) is 9.03. The first kappa shape index (κ1) is 14.1. The summed E-state index contributed by atoms with van der Waals surface area (Å²) in [4.78, 5) is 0. The zero-order valence-corrected chi connectivity index (χ0v) is 13.5. The van der Waals surface area contributed by atoms with E-state index in [2.05, 4.69) is 19.9 Å². The second-order valence-electron chi connectivity index (χ2n) is 8.87. The molecular formula is C19H30O2. The first-order valence-corrected chi connectivity index (χ1v) is 9.03. The highest BCUT2D eigenvalue weighted by molar-refractivity contribution is 5.20. The lowest BCUT2D eigenvalue weighted by molar-refractivity contribution is -0.121. The van der Waals surface area contributed by atoms with Gasteiger partial charge in [0.1, 0.15) is 0 Å². The molecular weight excluding hydrogens is 260 g/mol. The molecule has 0 saturated heterocycles. The van der Waals surface area contributed by atoms with E-state index in [1.165, 1.54) is 25.7 Å². The van der Waals surface area contributed by atoms with Gasteiger partial charge in [-0.2, -0.15) is 0 Å². The molecule has 118 valence electrons. The van der Waals surface area contributed by atoms with E-state index in [-0.39, 0.29) is 11.5 Å². The zero-order chi connectivity index (χ0) is 14.8. The van der Waals surface area contributed by atoms with Crippen LogP contribution in [0, 0.1) is 34.5 Å². The number of rotatable bonds is 0. The SMILES string of the molecule is C[C@]12CCC(O)CC1CC[C@@H]1[C@@H]2CC[C@]2(C)C(O)=CC[C@@H]12. The summed E-state index contributed by atoms with van der Waals surface area (Å²) >= 11 is 0. The lowest BCUT2D eigenvalue weighted by Gasteiger charge is -2.60. The molecule has 0 aromatic carbocycles. The van der Waals surface area contributed by atoms with Gasteiger partial charge >= 0.3 is 0 Å². The van der Waals surface area contributed by atoms with Crippen LogP contribution in [0.15, 0.2) is 11.8 Å². The standard InChI is InChI=1S/C19H30O2/c1-18-9-7-13(20)11-12(18)3-4-14-15-5-6-17(21)19(15,2)10-8-16(14)18/h6,12-16,20-21H,3-5,7-11H2,1-2H3/t12?,13?,14-,15-,16-,18-,19-/m0/s1. The molecule has 2 N–H and O–H groups in total. The number of allylic oxidation sites excluding steroid dienone is 2. The van der Waals surface area contributed by atoms with Gasteiger partial charge in [0.2, 0.25) is 0 Å². The molecule has 0 aliphatic heterocycles. The average Bonchev–Trinajstić information content (AvgIpc) is 2.76. The van der Waals surface area contributed by atoms with Crippen molar-refractivity contribution in [3.8, 4) is 0 Å². The molecule has 2 heteroatoms. The van der Waals surface area contributed by atoms with Crippen molar-refractivity contribution in [1.82, 2.24) is 0 Å². The molecule has 0 amide bonds. The Balaban J connectivity index is 1.63. The second kappa shape index (κ2) is 4.50. The maximum atomic E-state index is 10.3. The smallest absolute Gasteiger partial charge is 0.0944 e. The van der Waals surface area contributed by atoms with E-state index < -0.39 is 0 Å². The fraction of sp³-hybridized carbons (Fsp3) is 0.895. The van der Waals surface area contributed by atoms with Crippen LogP contribution in [0.4, 0.5) is 0 Å². The van der Waals surface area contributed by atoms with Crippen molar-refractivity contribution in [2.75, 3.05) is 0 Å². The van der Waals surface area contributed by atoms with Crippen LogP contribution < -0.4 is 0 Å². The molecule has 21 heavy (non-hydrogen) atoms. The van der Waals surface area contributed by atoms with Gasteiger partial charge in [0.15, 0.2) is 0 Å². The maximum absolute atomic E-state index is 10.3. The molecule has 2 unspecified atom stereocenters. The van der Waals surface area contributed by atoms with Gasteiger partial charge in [-0.05, 0) is 86.5 Å². The zero-order valence-electron chi connectivity index (χ0n) is 13.5. The predicted molar refractivity (Wildman–Crippen MR) is 83.8 cm³/mol. The Bertz CT molecular complexity index is 470. The molecule has 0 bridgehead atoms. The second-order valence-corrected chi connectivity index (χ2v) is 8.87. The number of aliphatic hydroxyl groups excluding tert-OH is 2. The van der Waals surface area contributed by atoms with Gasteiger partial charge in [0.05, 0.1) is 11.9 Å². The van der Waals surface area contributed by atoms with Gasteiger partial charge in [0, 0.05) is 5.41 Å². The molecule has 4 aliphatic carbocycles. The summed E-state index contributed by atoms with van der Waals surface area (Å²) in [5, 5.41) is 20.4. The third-order valence-corrected chi connectivity index (χ3v) is 8.18. The van der Waals surface area contributed by atoms with E-state index >= 15 is 0 Å². The van der Waals surface area contributed by atoms with E-state index in [9.17, 15) is 10.2 Å². The highest BCUT2D eigenvalue weighted by Gasteiger charge is 2.58. The van der Waals surface area contributed by atoms with Gasteiger partial charge in [0.25, 0.3) is 0 Å². The summed E-state index contributed by atoms with van der Waals surface area (Å²) in [6, 6.07) is 0. The molecule has 2 nitrogen and oxygen atoms in total. The Morgan fingerprint density at radius 1 is 1.05 bits per heavy atom. The molecule has 4 rings (SSSR count). The summed E-state index contributed by atoms with van der Waals surface area (Å²) in [6.45, 7) is 4.82. The van der Waals surface area contributed by atoms with E-state index in [1.54, 1.807) is 0 Å². The van der Waals surface area contributed by atoms with Crippen LogP contribution in [0.2, 0.25) is 0 Å². The van der Waals surface area contributed by atoms with E-state index in [1.807, 2.05) is 0 Å². The minimum atomic E-state index is -0.0503. The van der Waals surface area contributed by atoms with Crippen LogP contribution in [0.25, 0.3) is 0 Å². The molecule has 0 radical (unpaired) electrons. The Hall–Kier alpha value is -0.500. The third kappa shape index (κ3) is 1.81. The van der Waals surface area contributed by atoms with Gasteiger partial charge in [-0.25, -0.2) is 0 Å². The Morgan fingerprint density at radius 2 is 1.86 bits per heavy atom. The summed E-state index contributed by atoms with van der Waals surface area (Å²) in [5.74, 6) is 3.69. The van der Waals surface area contributed by atoms with Crippen molar-refractivity contribution >= 4 is 0 Å². The molecule has 3 fully saturated rings. The number of aliphatic hydroxyl groups is 2. The highest BCUT2D eigenvalue weighted by Crippen LogP contribution is 2.65. The van der Waals surface area contributed by atoms with Crippen LogP contribution in [0.3, 0.4) is 0 Å². The maximum Gasteiger partial charge on any atom is 0.0944 e. The third-order valence-electron chi connectivity index (χ3n) is 8.18. The first-order chi connectivity index (χ1) is 9.95. The van der Waals surface area contributed by atoms with Crippen LogP contribution in [0.1, 0.15) is 65.2 Å². The quantitative estimate of drug-likeness (QED) is 0.692. The topological polar surface area (TPSA) is 40.5 Å². The number of hydrogen-bond donors (Lipinski definition) is 2. The van der Waals surface area contributed by atoms with Crippen LogP contribution >= 0.6 is 0 Å². The van der Waals surface area contributed by atoms with Crippen molar-refractivity contribution in [2.45, 2.75) is 71.3 Å². The number of fused-ring (bicyclic) bond motifs is 5. The Morgan fingerprint density at radius 3 is 2.67 bits per heavy atom. The lowest BCUT2D eigenvalue weighted by Crippen LogP contribution is -2.53. The molecule has 0 spiro atoms. The van der Waals surface area contributed by atoms with Gasteiger partial charge in [-0.15, -0.1) is 0 Å². The van der Waals surface area contributed by atoms with Crippen molar-refractivity contribution < 1.29 is 10.2 Å². The van der Waals surface area contributed by atoms with Gasteiger partial charge < -0.3 is 10.2 Å². The van der Waals surface area contributed by atoms with E-state index in [4.69, 9.17) is 0 Å². The summed E-state index contributed by atoms with van der Waals surface area (Å²) in [5.41, 5.74) is 0.514. The van der Waals surface area contributed by atoms with Crippen molar-refractivity contribution in [1.29, 1.82) is 0 Å². The van der Waals surface area contributed by atoms with E-state index in [0.29, 0.717) is 17.1 Å². The molecule has 4 aliphatic rings. The average molecular weight is 290 g/mol.